The lowest BCUT2D eigenvalue weighted by molar-refractivity contribution is -0.245. The predicted octanol–water partition coefficient (Wildman–Crippen LogP) is 6.64. The molecule has 0 bridgehead atoms. The number of hydrazone groups is 1. The number of phenolic OH excluding ortho intramolecular Hbond substituents is 3. The average molecular weight is 1240 g/mol. The first kappa shape index (κ1) is 51.8. The van der Waals surface area contributed by atoms with Gasteiger partial charge >= 0.3 is 0 Å². The molecule has 0 spiro atoms. The molecule has 0 radical (unpaired) electrons. The summed E-state index contributed by atoms with van der Waals surface area (Å²) in [6.07, 6.45) is -4.55. The Hall–Kier alpha value is -4.59. The van der Waals surface area contributed by atoms with Crippen molar-refractivity contribution in [3.8, 4) is 23.0 Å². The van der Waals surface area contributed by atoms with E-state index >= 15 is 0 Å². The fraction of sp³-hybridized carbons (Fsp3) is 0.292. The number of rotatable bonds is 10. The number of fused-ring (bicyclic) bond motifs is 3. The van der Waals surface area contributed by atoms with Gasteiger partial charge in [-0.15, -0.1) is 0 Å². The van der Waals surface area contributed by atoms with E-state index in [1.54, 1.807) is 39.0 Å². The largest absolute Gasteiger partial charge is 0.507 e. The van der Waals surface area contributed by atoms with Crippen LogP contribution < -0.4 is 15.3 Å². The number of aliphatic hydroxyl groups excluding tert-OH is 2. The molecule has 0 saturated carbocycles. The Morgan fingerprint density at radius 1 is 0.943 bits per heavy atom. The topological polar surface area (TPSA) is 285 Å². The minimum absolute atomic E-state index is 0.0335. The van der Waals surface area contributed by atoms with Gasteiger partial charge < -0.3 is 50.6 Å². The van der Waals surface area contributed by atoms with Crippen molar-refractivity contribution < 1.29 is 67.7 Å². The normalized spacial score (nSPS) is 24.5. The van der Waals surface area contributed by atoms with Crippen molar-refractivity contribution in [2.75, 3.05) is 13.7 Å². The number of benzene rings is 4. The van der Waals surface area contributed by atoms with Crippen LogP contribution in [0.5, 0.6) is 23.0 Å². The molecule has 9 N–H and O–H groups in total. The first-order valence-corrected chi connectivity index (χ1v) is 26.0. The summed E-state index contributed by atoms with van der Waals surface area (Å²) < 4.78 is 48.0. The standard InChI is InChI=1S/C48H43Br4N3O14S/c1-18-23(12-26(49)44(60)39(18)51)34(24-13-27(50)45(61)40(52)19(24)2)21-8-5-6-11-31(21)70(65,66)55-54-32(17-56)48(64)15-25-36(30(16-48)69-33-14-28(53)41(57)20(3)68-33)47(63)38-37(43(25)59)42(58)22-9-7-10-29(67-4)35(22)46(38)62/h5-13,20,28,30,33,41,55-57,59-60,63-64H,14-17,53H2,1-4H3/b34-24+,54-32+/t20?,28-,30+,33+,41-,48+/m1/s1. The van der Waals surface area contributed by atoms with Crippen molar-refractivity contribution in [2.24, 2.45) is 10.8 Å². The number of allylic oxidation sites excluding steroid dienone is 5. The van der Waals surface area contributed by atoms with Crippen molar-refractivity contribution in [3.05, 3.63) is 134 Å². The smallest absolute Gasteiger partial charge is 0.277 e. The van der Waals surface area contributed by atoms with Crippen molar-refractivity contribution >= 4 is 102 Å². The summed E-state index contributed by atoms with van der Waals surface area (Å²) in [6.45, 7) is 3.84. The molecule has 4 aromatic rings. The Labute approximate surface area is 434 Å². The highest BCUT2D eigenvalue weighted by Crippen LogP contribution is 2.53. The molecule has 0 aromatic heterocycles. The van der Waals surface area contributed by atoms with Gasteiger partial charge in [-0.1, -0.05) is 30.3 Å². The number of halogens is 4. The number of ketones is 3. The summed E-state index contributed by atoms with van der Waals surface area (Å²) in [7, 11) is -3.51. The Morgan fingerprint density at radius 3 is 2.30 bits per heavy atom. The Bertz CT molecular complexity index is 3200. The molecule has 368 valence electrons. The SMILES string of the molecule is COc1cccc2c1C(=O)c1c(O)c3c(c(O)c1C2=O)C[C@@](O)(/C(CO)=N/NS(=O)(=O)c1ccccc1/C(=C1/C=C(Br)C(=O)C(Br)=C1C)c1cc(Br)c(O)c(Br)c1C)C[C@@H]3O[C@H]1C[C@@H](N)[C@H](O)C(C)O1. The summed E-state index contributed by atoms with van der Waals surface area (Å²) in [5.41, 5.74) is 3.53. The highest BCUT2D eigenvalue weighted by Gasteiger charge is 2.50. The molecule has 1 saturated heterocycles. The molecule has 1 aliphatic heterocycles. The lowest BCUT2D eigenvalue weighted by Gasteiger charge is -2.43. The number of carbonyl (C=O) groups excluding carboxylic acids is 3. The van der Waals surface area contributed by atoms with Crippen LogP contribution in [0.2, 0.25) is 0 Å². The zero-order valence-electron chi connectivity index (χ0n) is 37.3. The molecule has 1 unspecified atom stereocenters. The molecule has 4 aromatic carbocycles. The molecule has 6 atom stereocenters. The molecule has 17 nitrogen and oxygen atoms in total. The lowest BCUT2D eigenvalue weighted by atomic mass is 9.71. The lowest BCUT2D eigenvalue weighted by Crippen LogP contribution is -2.53. The number of aliphatic hydroxyl groups is 3. The number of hydrogen-bond donors (Lipinski definition) is 8. The second-order valence-electron chi connectivity index (χ2n) is 17.1. The summed E-state index contributed by atoms with van der Waals surface area (Å²) in [4.78, 5) is 43.2. The number of nitrogens with zero attached hydrogens (tertiary/aromatic N) is 1. The maximum absolute atomic E-state index is 14.7. The van der Waals surface area contributed by atoms with Crippen LogP contribution in [-0.2, 0) is 30.7 Å². The van der Waals surface area contributed by atoms with Crippen LogP contribution in [0, 0.1) is 6.92 Å². The van der Waals surface area contributed by atoms with Crippen molar-refractivity contribution in [2.45, 2.75) is 81.2 Å². The van der Waals surface area contributed by atoms with E-state index < -0.39 is 106 Å². The Balaban J connectivity index is 1.26. The molecule has 4 aliphatic rings. The van der Waals surface area contributed by atoms with Gasteiger partial charge in [-0.05, 0) is 137 Å². The van der Waals surface area contributed by atoms with Gasteiger partial charge in [0.25, 0.3) is 10.0 Å². The van der Waals surface area contributed by atoms with E-state index in [4.69, 9.17) is 19.9 Å². The third-order valence-electron chi connectivity index (χ3n) is 13.0. The van der Waals surface area contributed by atoms with E-state index in [1.165, 1.54) is 43.5 Å². The van der Waals surface area contributed by atoms with Gasteiger partial charge in [0, 0.05) is 47.6 Å². The van der Waals surface area contributed by atoms with Gasteiger partial charge in [0.1, 0.15) is 28.6 Å². The number of nitrogens with one attached hydrogen (secondary N) is 1. The number of methoxy groups -OCH3 is 1. The van der Waals surface area contributed by atoms with Crippen LogP contribution in [0.3, 0.4) is 0 Å². The molecule has 1 fully saturated rings. The number of Topliss-reactive ketones (excluding diaryl/α,β-unsaturated/α-hetero) is 1. The molecular weight excluding hydrogens is 1190 g/mol. The summed E-state index contributed by atoms with van der Waals surface area (Å²) in [6, 6.07) is 10.9. The predicted molar refractivity (Wildman–Crippen MR) is 269 cm³/mol. The van der Waals surface area contributed by atoms with Crippen LogP contribution in [0.4, 0.5) is 0 Å². The third-order valence-corrected chi connectivity index (χ3v) is 17.4. The second kappa shape index (κ2) is 19.4. The number of aromatic hydroxyl groups is 3. The number of sulfonamides is 1. The first-order valence-electron chi connectivity index (χ1n) is 21.3. The number of phenols is 3. The maximum Gasteiger partial charge on any atom is 0.277 e. The quantitative estimate of drug-likeness (QED) is 0.0413. The van der Waals surface area contributed by atoms with Gasteiger partial charge in [-0.2, -0.15) is 18.4 Å². The van der Waals surface area contributed by atoms with Crippen molar-refractivity contribution in [1.82, 2.24) is 4.83 Å². The minimum Gasteiger partial charge on any atom is -0.507 e. The van der Waals surface area contributed by atoms with E-state index in [9.17, 15) is 53.4 Å². The second-order valence-corrected chi connectivity index (χ2v) is 22.1. The van der Waals surface area contributed by atoms with E-state index in [-0.39, 0.29) is 69.9 Å². The Kier molecular flexibility index (Phi) is 14.4. The van der Waals surface area contributed by atoms with E-state index in [0.717, 1.165) is 0 Å². The fourth-order valence-electron chi connectivity index (χ4n) is 9.32. The fourth-order valence-corrected chi connectivity index (χ4v) is 12.6. The van der Waals surface area contributed by atoms with E-state index in [1.807, 2.05) is 0 Å². The highest BCUT2D eigenvalue weighted by molar-refractivity contribution is 9.13. The van der Waals surface area contributed by atoms with Gasteiger partial charge in [-0.3, -0.25) is 14.4 Å². The monoisotopic (exact) mass is 1230 g/mol. The first-order chi connectivity index (χ1) is 33.0. The van der Waals surface area contributed by atoms with Crippen LogP contribution >= 0.6 is 63.7 Å². The Morgan fingerprint density at radius 2 is 1.63 bits per heavy atom. The molecule has 3 aliphatic carbocycles. The van der Waals surface area contributed by atoms with Gasteiger partial charge in [0.2, 0.25) is 11.6 Å². The van der Waals surface area contributed by atoms with Gasteiger partial charge in [-0.25, -0.2) is 0 Å². The summed E-state index contributed by atoms with van der Waals surface area (Å²) in [5.74, 6) is -3.70. The molecule has 1 heterocycles. The van der Waals surface area contributed by atoms with E-state index in [2.05, 4.69) is 73.7 Å². The zero-order chi connectivity index (χ0) is 51.0. The minimum atomic E-state index is -4.80. The molecule has 22 heteroatoms. The highest BCUT2D eigenvalue weighted by atomic mass is 79.9. The van der Waals surface area contributed by atoms with Crippen LogP contribution in [0.15, 0.2) is 93.7 Å². The van der Waals surface area contributed by atoms with Crippen LogP contribution in [-0.4, -0.2) is 106 Å². The average Bonchev–Trinajstić information content (AvgIpc) is 3.32. The maximum atomic E-state index is 14.7. The third kappa shape index (κ3) is 8.71. The summed E-state index contributed by atoms with van der Waals surface area (Å²) in [5, 5.41) is 73.2. The summed E-state index contributed by atoms with van der Waals surface area (Å²) >= 11 is 13.6. The van der Waals surface area contributed by atoms with E-state index in [0.29, 0.717) is 32.3 Å². The zero-order valence-corrected chi connectivity index (χ0v) is 44.5. The van der Waals surface area contributed by atoms with Crippen molar-refractivity contribution in [3.63, 3.8) is 0 Å². The molecule has 70 heavy (non-hydrogen) atoms. The van der Waals surface area contributed by atoms with Crippen LogP contribution in [0.1, 0.15) is 92.5 Å². The number of carbonyl (C=O) groups is 3. The number of hydrogen-bond acceptors (Lipinski definition) is 16. The molecule has 8 rings (SSSR count). The van der Waals surface area contributed by atoms with Crippen molar-refractivity contribution in [1.29, 1.82) is 0 Å². The molecule has 0 amide bonds. The van der Waals surface area contributed by atoms with Gasteiger partial charge in [0.15, 0.2) is 12.1 Å². The molecular formula is C48H43Br4N3O14S. The van der Waals surface area contributed by atoms with Crippen LogP contribution in [0.25, 0.3) is 5.57 Å². The van der Waals surface area contributed by atoms with Gasteiger partial charge in [0.05, 0.1) is 77.2 Å². The number of ether oxygens (including phenoxy) is 3. The number of nitrogens with two attached hydrogens (primary N) is 1.